The quantitative estimate of drug-likeness (QED) is 0.789. The van der Waals surface area contributed by atoms with Gasteiger partial charge in [0.15, 0.2) is 0 Å². The summed E-state index contributed by atoms with van der Waals surface area (Å²) < 4.78 is 51.3. The van der Waals surface area contributed by atoms with Crippen LogP contribution in [0.1, 0.15) is 36.8 Å². The van der Waals surface area contributed by atoms with Gasteiger partial charge in [-0.25, -0.2) is 4.39 Å². The fourth-order valence-corrected chi connectivity index (χ4v) is 5.02. The number of thioether (sulfide) groups is 1. The van der Waals surface area contributed by atoms with Gasteiger partial charge in [-0.15, -0.1) is 0 Å². The van der Waals surface area contributed by atoms with Crippen LogP contribution in [0.15, 0.2) is 18.2 Å². The number of alkyl halides is 3. The SMILES string of the molecule is OC1(c2ccc(C(F)(F)F)c(F)c2)CC2CCC(C1)S2. The van der Waals surface area contributed by atoms with Crippen molar-refractivity contribution in [3.63, 3.8) is 0 Å². The average Bonchev–Trinajstić information content (AvgIpc) is 2.67. The molecule has 1 aromatic rings. The van der Waals surface area contributed by atoms with E-state index in [0.717, 1.165) is 25.0 Å². The van der Waals surface area contributed by atoms with Crippen LogP contribution < -0.4 is 0 Å². The molecule has 2 aliphatic heterocycles. The topological polar surface area (TPSA) is 20.2 Å². The number of benzene rings is 1. The summed E-state index contributed by atoms with van der Waals surface area (Å²) in [6.45, 7) is 0. The maximum Gasteiger partial charge on any atom is 0.419 e. The predicted molar refractivity (Wildman–Crippen MR) is 68.9 cm³/mol. The molecule has 0 aliphatic carbocycles. The second-order valence-electron chi connectivity index (χ2n) is 5.59. The number of hydrogen-bond donors (Lipinski definition) is 1. The summed E-state index contributed by atoms with van der Waals surface area (Å²) in [5, 5.41) is 11.3. The molecule has 1 aromatic carbocycles. The molecule has 2 unspecified atom stereocenters. The molecular formula is C14H14F4OS. The van der Waals surface area contributed by atoms with Gasteiger partial charge in [0.05, 0.1) is 11.2 Å². The molecule has 110 valence electrons. The fourth-order valence-electron chi connectivity index (χ4n) is 3.19. The number of halogens is 4. The van der Waals surface area contributed by atoms with E-state index in [1.807, 2.05) is 11.8 Å². The molecule has 2 aliphatic rings. The minimum atomic E-state index is -4.70. The van der Waals surface area contributed by atoms with E-state index >= 15 is 0 Å². The van der Waals surface area contributed by atoms with Gasteiger partial charge in [-0.05, 0) is 43.4 Å². The van der Waals surface area contributed by atoms with Crippen molar-refractivity contribution in [2.75, 3.05) is 0 Å². The van der Waals surface area contributed by atoms with Crippen LogP contribution in [0, 0.1) is 5.82 Å². The molecule has 0 spiro atoms. The maximum absolute atomic E-state index is 13.6. The molecule has 20 heavy (non-hydrogen) atoms. The summed E-state index contributed by atoms with van der Waals surface area (Å²) in [5.74, 6) is -1.31. The van der Waals surface area contributed by atoms with Gasteiger partial charge in [-0.1, -0.05) is 6.07 Å². The molecule has 1 N–H and O–H groups in total. The van der Waals surface area contributed by atoms with Gasteiger partial charge in [0.25, 0.3) is 0 Å². The molecule has 2 saturated heterocycles. The maximum atomic E-state index is 13.6. The smallest absolute Gasteiger partial charge is 0.385 e. The first-order chi connectivity index (χ1) is 9.28. The van der Waals surface area contributed by atoms with E-state index in [1.54, 1.807) is 0 Å². The van der Waals surface area contributed by atoms with Gasteiger partial charge < -0.3 is 5.11 Å². The lowest BCUT2D eigenvalue weighted by Crippen LogP contribution is -2.34. The summed E-state index contributed by atoms with van der Waals surface area (Å²) >= 11 is 1.83. The van der Waals surface area contributed by atoms with Crippen molar-refractivity contribution >= 4 is 11.8 Å². The summed E-state index contributed by atoms with van der Waals surface area (Å²) in [7, 11) is 0. The molecule has 2 heterocycles. The van der Waals surface area contributed by atoms with Crippen LogP contribution in [0.2, 0.25) is 0 Å². The summed E-state index contributed by atoms with van der Waals surface area (Å²) in [4.78, 5) is 0. The molecule has 2 bridgehead atoms. The van der Waals surface area contributed by atoms with E-state index in [2.05, 4.69) is 0 Å². The van der Waals surface area contributed by atoms with Crippen LogP contribution in [-0.4, -0.2) is 15.6 Å². The number of fused-ring (bicyclic) bond motifs is 2. The summed E-state index contributed by atoms with van der Waals surface area (Å²) in [6, 6.07) is 2.78. The van der Waals surface area contributed by atoms with E-state index in [4.69, 9.17) is 0 Å². The first-order valence-electron chi connectivity index (χ1n) is 6.53. The molecule has 3 rings (SSSR count). The first kappa shape index (κ1) is 14.2. The van der Waals surface area contributed by atoms with Gasteiger partial charge in [-0.3, -0.25) is 0 Å². The van der Waals surface area contributed by atoms with Gasteiger partial charge in [0.2, 0.25) is 0 Å². The van der Waals surface area contributed by atoms with Crippen molar-refractivity contribution in [3.05, 3.63) is 35.1 Å². The Morgan fingerprint density at radius 1 is 1.15 bits per heavy atom. The zero-order valence-corrected chi connectivity index (χ0v) is 11.4. The highest BCUT2D eigenvalue weighted by molar-refractivity contribution is 8.00. The first-order valence-corrected chi connectivity index (χ1v) is 7.47. The average molecular weight is 306 g/mol. The zero-order chi connectivity index (χ0) is 14.5. The van der Waals surface area contributed by atoms with Crippen LogP contribution in [0.4, 0.5) is 17.6 Å². The fraction of sp³-hybridized carbons (Fsp3) is 0.571. The van der Waals surface area contributed by atoms with E-state index < -0.39 is 23.2 Å². The van der Waals surface area contributed by atoms with E-state index in [-0.39, 0.29) is 5.56 Å². The summed E-state index contributed by atoms with van der Waals surface area (Å²) in [5.41, 5.74) is -2.21. The van der Waals surface area contributed by atoms with Gasteiger partial charge in [-0.2, -0.15) is 24.9 Å². The predicted octanol–water partition coefficient (Wildman–Crippen LogP) is 4.09. The van der Waals surface area contributed by atoms with Crippen molar-refractivity contribution in [3.8, 4) is 0 Å². The third-order valence-corrected chi connectivity index (χ3v) is 5.71. The molecule has 2 fully saturated rings. The molecule has 0 amide bonds. The molecular weight excluding hydrogens is 292 g/mol. The lowest BCUT2D eigenvalue weighted by atomic mass is 9.85. The van der Waals surface area contributed by atoms with E-state index in [9.17, 15) is 22.7 Å². The van der Waals surface area contributed by atoms with Gasteiger partial charge in [0.1, 0.15) is 5.82 Å². The van der Waals surface area contributed by atoms with Crippen LogP contribution >= 0.6 is 11.8 Å². The Hall–Kier alpha value is -0.750. The Labute approximate surface area is 118 Å². The van der Waals surface area contributed by atoms with E-state index in [0.29, 0.717) is 23.3 Å². The number of hydrogen-bond acceptors (Lipinski definition) is 2. The number of rotatable bonds is 1. The van der Waals surface area contributed by atoms with Crippen molar-refractivity contribution in [1.29, 1.82) is 0 Å². The molecule has 0 aromatic heterocycles. The van der Waals surface area contributed by atoms with Gasteiger partial charge in [0, 0.05) is 10.5 Å². The Morgan fingerprint density at radius 3 is 2.25 bits per heavy atom. The van der Waals surface area contributed by atoms with E-state index in [1.165, 1.54) is 6.07 Å². The third kappa shape index (κ3) is 2.44. The Kier molecular flexibility index (Phi) is 3.29. The Bertz CT molecular complexity index is 516. The van der Waals surface area contributed by atoms with Crippen LogP contribution in [0.25, 0.3) is 0 Å². The lowest BCUT2D eigenvalue weighted by Gasteiger charge is -2.36. The molecule has 2 atom stereocenters. The molecule has 6 heteroatoms. The standard InChI is InChI=1S/C14H14F4OS/c15-12-5-8(1-4-11(12)14(16,17)18)13(19)6-9-2-3-10(7-13)20-9/h1,4-5,9-10,19H,2-3,6-7H2. The zero-order valence-electron chi connectivity index (χ0n) is 10.6. The molecule has 0 saturated carbocycles. The van der Waals surface area contributed by atoms with Crippen LogP contribution in [-0.2, 0) is 11.8 Å². The molecule has 0 radical (unpaired) electrons. The van der Waals surface area contributed by atoms with Crippen molar-refractivity contribution in [1.82, 2.24) is 0 Å². The highest BCUT2D eigenvalue weighted by Crippen LogP contribution is 2.51. The number of aliphatic hydroxyl groups is 1. The third-order valence-electron chi connectivity index (χ3n) is 4.14. The monoisotopic (exact) mass is 306 g/mol. The highest BCUT2D eigenvalue weighted by Gasteiger charge is 2.45. The second-order valence-corrected chi connectivity index (χ2v) is 7.20. The second kappa shape index (κ2) is 4.63. The van der Waals surface area contributed by atoms with Crippen molar-refractivity contribution in [2.24, 2.45) is 0 Å². The Morgan fingerprint density at radius 2 is 1.75 bits per heavy atom. The highest BCUT2D eigenvalue weighted by atomic mass is 32.2. The molecule has 1 nitrogen and oxygen atoms in total. The van der Waals surface area contributed by atoms with Crippen molar-refractivity contribution in [2.45, 2.75) is 48.0 Å². The minimum Gasteiger partial charge on any atom is -0.385 e. The summed E-state index contributed by atoms with van der Waals surface area (Å²) in [6.07, 6.45) is -1.70. The lowest BCUT2D eigenvalue weighted by molar-refractivity contribution is -0.140. The Balaban J connectivity index is 1.93. The van der Waals surface area contributed by atoms with Crippen LogP contribution in [0.3, 0.4) is 0 Å². The largest absolute Gasteiger partial charge is 0.419 e. The van der Waals surface area contributed by atoms with Gasteiger partial charge >= 0.3 is 6.18 Å². The minimum absolute atomic E-state index is 0.264. The van der Waals surface area contributed by atoms with Crippen molar-refractivity contribution < 1.29 is 22.7 Å². The van der Waals surface area contributed by atoms with Crippen LogP contribution in [0.5, 0.6) is 0 Å². The normalized spacial score (nSPS) is 33.5.